The zero-order valence-corrected chi connectivity index (χ0v) is 16.2. The van der Waals surface area contributed by atoms with Gasteiger partial charge in [-0.05, 0) is 47.1 Å². The summed E-state index contributed by atoms with van der Waals surface area (Å²) in [4.78, 5) is 12.8. The average molecular weight is 439 g/mol. The van der Waals surface area contributed by atoms with Crippen molar-refractivity contribution < 1.29 is 18.7 Å². The molecule has 7 nitrogen and oxygen atoms in total. The Hall–Kier alpha value is -2.36. The summed E-state index contributed by atoms with van der Waals surface area (Å²) in [5, 5.41) is 20.7. The van der Waals surface area contributed by atoms with Gasteiger partial charge >= 0.3 is 0 Å². The Balaban J connectivity index is 2.38. The van der Waals surface area contributed by atoms with Gasteiger partial charge < -0.3 is 30.9 Å². The maximum atomic E-state index is 13.7. The number of nitrogens with one attached hydrogen (secondary N) is 4. The van der Waals surface area contributed by atoms with Crippen molar-refractivity contribution in [1.82, 2.24) is 5.32 Å². The number of carbonyl (C=O) groups excluding carboxylic acids is 1. The molecule has 0 atom stereocenters. The first kappa shape index (κ1) is 20.9. The van der Waals surface area contributed by atoms with Crippen LogP contribution in [0.5, 0.6) is 0 Å². The van der Waals surface area contributed by atoms with Crippen molar-refractivity contribution in [3.63, 3.8) is 0 Å². The molecule has 144 valence electrons. The minimum Gasteiger partial charge on any atom is -0.379 e. The van der Waals surface area contributed by atoms with Gasteiger partial charge in [-0.25, -0.2) is 4.39 Å². The van der Waals surface area contributed by atoms with Crippen LogP contribution in [-0.4, -0.2) is 38.0 Å². The summed E-state index contributed by atoms with van der Waals surface area (Å²) in [5.41, 5.74) is 0.939. The van der Waals surface area contributed by atoms with Crippen LogP contribution in [0.25, 0.3) is 0 Å². The number of ketones is 1. The van der Waals surface area contributed by atoms with Crippen molar-refractivity contribution in [2.45, 2.75) is 13.2 Å². The lowest BCUT2D eigenvalue weighted by Gasteiger charge is -2.18. The Bertz CT molecular complexity index is 789. The fourth-order valence-electron chi connectivity index (χ4n) is 2.41. The van der Waals surface area contributed by atoms with Crippen molar-refractivity contribution in [2.24, 2.45) is 0 Å². The molecule has 1 aliphatic heterocycles. The van der Waals surface area contributed by atoms with Crippen LogP contribution in [0.1, 0.15) is 18.8 Å². The summed E-state index contributed by atoms with van der Waals surface area (Å²) < 4.78 is 24.9. The molecule has 1 saturated heterocycles. The SMILES string of the molecule is CCN/C(Br)=C(\C=N)C(=O)/C(=C/C=N)Nc1ccc(F)cc1C1OCCO1. The average Bonchev–Trinajstić information content (AvgIpc) is 3.18. The van der Waals surface area contributed by atoms with E-state index in [1.807, 2.05) is 6.92 Å². The van der Waals surface area contributed by atoms with Gasteiger partial charge in [-0.3, -0.25) is 4.79 Å². The van der Waals surface area contributed by atoms with Gasteiger partial charge in [0.2, 0.25) is 5.78 Å². The predicted molar refractivity (Wildman–Crippen MR) is 105 cm³/mol. The monoisotopic (exact) mass is 438 g/mol. The molecule has 0 bridgehead atoms. The molecule has 27 heavy (non-hydrogen) atoms. The van der Waals surface area contributed by atoms with Gasteiger partial charge in [-0.15, -0.1) is 0 Å². The third-order valence-electron chi connectivity index (χ3n) is 3.61. The van der Waals surface area contributed by atoms with E-state index < -0.39 is 17.9 Å². The number of halogens is 2. The van der Waals surface area contributed by atoms with Gasteiger partial charge in [-0.2, -0.15) is 0 Å². The molecule has 4 N–H and O–H groups in total. The van der Waals surface area contributed by atoms with Crippen LogP contribution >= 0.6 is 15.9 Å². The van der Waals surface area contributed by atoms with E-state index in [9.17, 15) is 9.18 Å². The standard InChI is InChI=1S/C18H20BrFN4O3/c1-2-23-17(19)13(10-22)16(25)15(5-6-21)24-14-4-3-11(20)9-12(14)18-26-7-8-27-18/h3-6,9-10,18,21-24H,2,7-8H2,1H3/b15-5-,17-13+,21-6?,22-10?. The highest BCUT2D eigenvalue weighted by atomic mass is 79.9. The van der Waals surface area contributed by atoms with Gasteiger partial charge in [0.25, 0.3) is 0 Å². The molecule has 0 unspecified atom stereocenters. The smallest absolute Gasteiger partial charge is 0.213 e. The lowest BCUT2D eigenvalue weighted by Crippen LogP contribution is -2.20. The summed E-state index contributed by atoms with van der Waals surface area (Å²) in [5.74, 6) is -0.974. The molecular weight excluding hydrogens is 419 g/mol. The third kappa shape index (κ3) is 5.31. The van der Waals surface area contributed by atoms with Gasteiger partial charge in [0, 0.05) is 30.2 Å². The van der Waals surface area contributed by atoms with Crippen molar-refractivity contribution >= 4 is 39.8 Å². The molecule has 0 amide bonds. The number of anilines is 1. The molecule has 1 aromatic carbocycles. The predicted octanol–water partition coefficient (Wildman–Crippen LogP) is 3.25. The molecule has 1 fully saturated rings. The maximum absolute atomic E-state index is 13.7. The fourth-order valence-corrected chi connectivity index (χ4v) is 2.98. The topological polar surface area (TPSA) is 107 Å². The highest BCUT2D eigenvalue weighted by molar-refractivity contribution is 9.11. The lowest BCUT2D eigenvalue weighted by molar-refractivity contribution is -0.111. The number of benzene rings is 1. The van der Waals surface area contributed by atoms with Gasteiger partial charge in [0.1, 0.15) is 5.82 Å². The number of ether oxygens (including phenoxy) is 2. The molecule has 1 heterocycles. The largest absolute Gasteiger partial charge is 0.379 e. The van der Waals surface area contributed by atoms with E-state index in [1.54, 1.807) is 0 Å². The summed E-state index contributed by atoms with van der Waals surface area (Å²) in [7, 11) is 0. The van der Waals surface area contributed by atoms with E-state index in [4.69, 9.17) is 20.3 Å². The van der Waals surface area contributed by atoms with E-state index in [2.05, 4.69) is 26.6 Å². The van der Waals surface area contributed by atoms with Gasteiger partial charge in [0.05, 0.1) is 29.1 Å². The van der Waals surface area contributed by atoms with Crippen LogP contribution < -0.4 is 10.6 Å². The number of allylic oxidation sites excluding steroid dienone is 2. The van der Waals surface area contributed by atoms with E-state index >= 15 is 0 Å². The molecule has 0 aliphatic carbocycles. The van der Waals surface area contributed by atoms with E-state index in [-0.39, 0.29) is 11.3 Å². The Morgan fingerprint density at radius 3 is 2.67 bits per heavy atom. The number of Topliss-reactive ketones (excluding diaryl/α,β-unsaturated/α-hetero) is 1. The van der Waals surface area contributed by atoms with E-state index in [0.29, 0.717) is 35.6 Å². The van der Waals surface area contributed by atoms with E-state index in [1.165, 1.54) is 24.3 Å². The van der Waals surface area contributed by atoms with Crippen molar-refractivity contribution in [2.75, 3.05) is 25.1 Å². The Morgan fingerprint density at radius 2 is 2.07 bits per heavy atom. The first-order valence-electron chi connectivity index (χ1n) is 8.21. The third-order valence-corrected chi connectivity index (χ3v) is 4.32. The molecule has 0 aromatic heterocycles. The lowest BCUT2D eigenvalue weighted by atomic mass is 10.1. The fraction of sp³-hybridized carbons (Fsp3) is 0.278. The molecule has 2 rings (SSSR count). The van der Waals surface area contributed by atoms with Crippen LogP contribution in [0.4, 0.5) is 10.1 Å². The quantitative estimate of drug-likeness (QED) is 0.269. The number of hydrogen-bond acceptors (Lipinski definition) is 7. The second-order valence-corrected chi connectivity index (χ2v) is 6.20. The molecule has 0 spiro atoms. The number of carbonyl (C=O) groups is 1. The normalized spacial score (nSPS) is 15.9. The second kappa shape index (κ2) is 10.1. The molecule has 1 aliphatic rings. The van der Waals surface area contributed by atoms with Crippen LogP contribution in [0.3, 0.4) is 0 Å². The molecular formula is C18H20BrFN4O3. The highest BCUT2D eigenvalue weighted by Crippen LogP contribution is 2.31. The van der Waals surface area contributed by atoms with Crippen LogP contribution in [-0.2, 0) is 14.3 Å². The van der Waals surface area contributed by atoms with Crippen LogP contribution in [0.15, 0.2) is 40.2 Å². The molecule has 0 radical (unpaired) electrons. The summed E-state index contributed by atoms with van der Waals surface area (Å²) in [6.45, 7) is 3.19. The Morgan fingerprint density at radius 1 is 1.37 bits per heavy atom. The number of hydrogen-bond donors (Lipinski definition) is 4. The summed E-state index contributed by atoms with van der Waals surface area (Å²) in [6.07, 6.45) is 2.39. The van der Waals surface area contributed by atoms with Gasteiger partial charge in [-0.1, -0.05) is 0 Å². The molecule has 0 saturated carbocycles. The first-order chi connectivity index (χ1) is 13.0. The zero-order valence-electron chi connectivity index (χ0n) is 14.6. The van der Waals surface area contributed by atoms with E-state index in [0.717, 1.165) is 12.4 Å². The zero-order chi connectivity index (χ0) is 19.8. The Kier molecular flexibility index (Phi) is 7.83. The van der Waals surface area contributed by atoms with Gasteiger partial charge in [0.15, 0.2) is 6.29 Å². The minimum atomic E-state index is -0.745. The Labute approximate surface area is 164 Å². The maximum Gasteiger partial charge on any atom is 0.213 e. The second-order valence-electron chi connectivity index (χ2n) is 5.41. The summed E-state index contributed by atoms with van der Waals surface area (Å²) >= 11 is 3.24. The van der Waals surface area contributed by atoms with Crippen LogP contribution in [0.2, 0.25) is 0 Å². The summed E-state index contributed by atoms with van der Waals surface area (Å²) in [6, 6.07) is 3.98. The van der Waals surface area contributed by atoms with Crippen molar-refractivity contribution in [3.8, 4) is 0 Å². The first-order valence-corrected chi connectivity index (χ1v) is 9.00. The van der Waals surface area contributed by atoms with Crippen LogP contribution in [0, 0.1) is 16.6 Å². The van der Waals surface area contributed by atoms with Crippen molar-refractivity contribution in [3.05, 3.63) is 51.5 Å². The molecule has 9 heteroatoms. The highest BCUT2D eigenvalue weighted by Gasteiger charge is 2.24. The number of rotatable bonds is 9. The van der Waals surface area contributed by atoms with Crippen molar-refractivity contribution in [1.29, 1.82) is 10.8 Å². The molecule has 1 aromatic rings. The minimum absolute atomic E-state index is 0.0456.